The highest BCUT2D eigenvalue weighted by molar-refractivity contribution is 7.99. The van der Waals surface area contributed by atoms with E-state index < -0.39 is 17.9 Å². The zero-order chi connectivity index (χ0) is 20.9. The highest BCUT2D eigenvalue weighted by atomic mass is 32.2. The Morgan fingerprint density at radius 3 is 1.43 bits per heavy atom. The molecule has 0 aliphatic rings. The Bertz CT molecular complexity index is 374. The van der Waals surface area contributed by atoms with Gasteiger partial charge in [-0.1, -0.05) is 103 Å². The van der Waals surface area contributed by atoms with Crippen molar-refractivity contribution in [1.29, 1.82) is 0 Å². The van der Waals surface area contributed by atoms with Gasteiger partial charge in [0.25, 0.3) is 0 Å². The summed E-state index contributed by atoms with van der Waals surface area (Å²) in [5.74, 6) is -1.46. The molecule has 0 saturated heterocycles. The summed E-state index contributed by atoms with van der Waals surface area (Å²) in [7, 11) is 0. The summed E-state index contributed by atoms with van der Waals surface area (Å²) < 4.78 is 0. The van der Waals surface area contributed by atoms with Gasteiger partial charge in [-0.2, -0.15) is 11.8 Å². The Morgan fingerprint density at radius 1 is 0.679 bits per heavy atom. The summed E-state index contributed by atoms with van der Waals surface area (Å²) in [5.41, 5.74) is 0. The Kier molecular flexibility index (Phi) is 20.5. The zero-order valence-corrected chi connectivity index (χ0v) is 18.9. The largest absolute Gasteiger partial charge is 0.481 e. The van der Waals surface area contributed by atoms with Crippen LogP contribution in [-0.4, -0.2) is 33.7 Å². The van der Waals surface area contributed by atoms with Gasteiger partial charge in [-0.05, 0) is 12.2 Å². The lowest BCUT2D eigenvalue weighted by Gasteiger charge is -2.09. The van der Waals surface area contributed by atoms with Crippen LogP contribution in [0.15, 0.2) is 0 Å². The van der Waals surface area contributed by atoms with E-state index in [1.807, 2.05) is 0 Å². The molecule has 0 saturated carbocycles. The van der Waals surface area contributed by atoms with Gasteiger partial charge in [-0.15, -0.1) is 0 Å². The third-order valence-corrected chi connectivity index (χ3v) is 6.45. The third kappa shape index (κ3) is 20.0. The summed E-state index contributed by atoms with van der Waals surface area (Å²) in [4.78, 5) is 21.6. The molecule has 0 rings (SSSR count). The standard InChI is InChI=1S/C23H44O4S/c1-2-3-4-5-6-7-8-9-10-11-12-13-14-15-16-17-18-28-20-21(23(26)27)19-22(24)25/h21H,2-20H2,1H3,(H,24,25)(H,26,27). The number of aliphatic carboxylic acids is 2. The van der Waals surface area contributed by atoms with Gasteiger partial charge < -0.3 is 10.2 Å². The minimum atomic E-state index is -1.03. The fraction of sp³-hybridized carbons (Fsp3) is 0.913. The number of hydrogen-bond acceptors (Lipinski definition) is 3. The molecule has 5 heteroatoms. The first-order chi connectivity index (χ1) is 13.6. The van der Waals surface area contributed by atoms with E-state index in [1.165, 1.54) is 96.3 Å². The highest BCUT2D eigenvalue weighted by Crippen LogP contribution is 2.17. The molecule has 0 spiro atoms. The predicted octanol–water partition coefficient (Wildman–Crippen LogP) is 7.16. The van der Waals surface area contributed by atoms with Crippen LogP contribution < -0.4 is 0 Å². The van der Waals surface area contributed by atoms with Crippen molar-refractivity contribution < 1.29 is 19.8 Å². The van der Waals surface area contributed by atoms with E-state index >= 15 is 0 Å². The average molecular weight is 417 g/mol. The van der Waals surface area contributed by atoms with Gasteiger partial charge in [-0.25, -0.2) is 0 Å². The number of carboxylic acid groups (broad SMARTS) is 2. The van der Waals surface area contributed by atoms with Crippen molar-refractivity contribution in [3.63, 3.8) is 0 Å². The third-order valence-electron chi connectivity index (χ3n) is 5.23. The van der Waals surface area contributed by atoms with Gasteiger partial charge in [0.15, 0.2) is 0 Å². The van der Waals surface area contributed by atoms with Crippen LogP contribution in [0.3, 0.4) is 0 Å². The first-order valence-electron chi connectivity index (χ1n) is 11.6. The molecule has 0 aromatic heterocycles. The average Bonchev–Trinajstić information content (AvgIpc) is 2.65. The molecule has 28 heavy (non-hydrogen) atoms. The van der Waals surface area contributed by atoms with E-state index in [0.29, 0.717) is 5.75 Å². The van der Waals surface area contributed by atoms with Crippen molar-refractivity contribution in [3.05, 3.63) is 0 Å². The van der Waals surface area contributed by atoms with Crippen molar-refractivity contribution in [3.8, 4) is 0 Å². The maximum Gasteiger partial charge on any atom is 0.307 e. The van der Waals surface area contributed by atoms with E-state index in [9.17, 15) is 9.59 Å². The van der Waals surface area contributed by atoms with Gasteiger partial charge in [-0.3, -0.25) is 9.59 Å². The van der Waals surface area contributed by atoms with Crippen molar-refractivity contribution in [2.24, 2.45) is 5.92 Å². The van der Waals surface area contributed by atoms with Gasteiger partial charge in [0.2, 0.25) is 0 Å². The first-order valence-corrected chi connectivity index (χ1v) is 12.8. The van der Waals surface area contributed by atoms with Gasteiger partial charge >= 0.3 is 11.9 Å². The molecule has 0 aromatic carbocycles. The molecule has 166 valence electrons. The van der Waals surface area contributed by atoms with E-state index in [-0.39, 0.29) is 6.42 Å². The van der Waals surface area contributed by atoms with Crippen LogP contribution in [0, 0.1) is 5.92 Å². The number of carboxylic acids is 2. The van der Waals surface area contributed by atoms with Crippen molar-refractivity contribution in [1.82, 2.24) is 0 Å². The Labute approximate surface area is 177 Å². The smallest absolute Gasteiger partial charge is 0.307 e. The lowest BCUT2D eigenvalue weighted by Crippen LogP contribution is -2.20. The van der Waals surface area contributed by atoms with E-state index in [0.717, 1.165) is 12.2 Å². The van der Waals surface area contributed by atoms with Crippen LogP contribution in [0.25, 0.3) is 0 Å². The molecule has 2 N–H and O–H groups in total. The second-order valence-corrected chi connectivity index (χ2v) is 9.16. The molecule has 0 aliphatic heterocycles. The lowest BCUT2D eigenvalue weighted by atomic mass is 10.0. The SMILES string of the molecule is CCCCCCCCCCCCCCCCCCSCC(CC(=O)O)C(=O)O. The number of rotatable bonds is 22. The fourth-order valence-electron chi connectivity index (χ4n) is 3.41. The zero-order valence-electron chi connectivity index (χ0n) is 18.1. The second-order valence-electron chi connectivity index (χ2n) is 8.01. The van der Waals surface area contributed by atoms with E-state index in [2.05, 4.69) is 6.92 Å². The number of unbranched alkanes of at least 4 members (excludes halogenated alkanes) is 15. The molecule has 0 aromatic rings. The minimum Gasteiger partial charge on any atom is -0.481 e. The Hall–Kier alpha value is -0.710. The summed E-state index contributed by atoms with van der Waals surface area (Å²) >= 11 is 1.57. The highest BCUT2D eigenvalue weighted by Gasteiger charge is 2.20. The molecule has 0 aliphatic carbocycles. The van der Waals surface area contributed by atoms with Gasteiger partial charge in [0.05, 0.1) is 12.3 Å². The van der Waals surface area contributed by atoms with Gasteiger partial charge in [0, 0.05) is 5.75 Å². The maximum absolute atomic E-state index is 11.0. The molecule has 0 heterocycles. The summed E-state index contributed by atoms with van der Waals surface area (Å²) in [6, 6.07) is 0. The summed E-state index contributed by atoms with van der Waals surface area (Å²) in [6.07, 6.45) is 21.3. The topological polar surface area (TPSA) is 74.6 Å². The van der Waals surface area contributed by atoms with Crippen LogP contribution in [-0.2, 0) is 9.59 Å². The van der Waals surface area contributed by atoms with Crippen LogP contribution in [0.1, 0.15) is 116 Å². The molecular formula is C23H44O4S. The number of carbonyl (C=O) groups is 2. The van der Waals surface area contributed by atoms with Crippen LogP contribution >= 0.6 is 11.8 Å². The summed E-state index contributed by atoms with van der Waals surface area (Å²) in [5, 5.41) is 17.7. The van der Waals surface area contributed by atoms with E-state index in [4.69, 9.17) is 10.2 Å². The molecule has 0 bridgehead atoms. The molecule has 1 unspecified atom stereocenters. The lowest BCUT2D eigenvalue weighted by molar-refractivity contribution is -0.147. The summed E-state index contributed by atoms with van der Waals surface area (Å²) in [6.45, 7) is 2.27. The van der Waals surface area contributed by atoms with Crippen LogP contribution in [0.2, 0.25) is 0 Å². The van der Waals surface area contributed by atoms with Crippen molar-refractivity contribution >= 4 is 23.7 Å². The fourth-order valence-corrected chi connectivity index (χ4v) is 4.53. The van der Waals surface area contributed by atoms with Crippen LogP contribution in [0.4, 0.5) is 0 Å². The van der Waals surface area contributed by atoms with Gasteiger partial charge in [0.1, 0.15) is 0 Å². The molecule has 0 amide bonds. The second kappa shape index (κ2) is 21.0. The molecule has 1 atom stereocenters. The van der Waals surface area contributed by atoms with Crippen molar-refractivity contribution in [2.45, 2.75) is 116 Å². The number of hydrogen-bond donors (Lipinski definition) is 2. The van der Waals surface area contributed by atoms with E-state index in [1.54, 1.807) is 11.8 Å². The molecule has 0 radical (unpaired) electrons. The molecule has 4 nitrogen and oxygen atoms in total. The minimum absolute atomic E-state index is 0.276. The first kappa shape index (κ1) is 27.3. The Morgan fingerprint density at radius 2 is 1.07 bits per heavy atom. The maximum atomic E-state index is 11.0. The quantitative estimate of drug-likeness (QED) is 0.183. The molecular weight excluding hydrogens is 372 g/mol. The Balaban J connectivity index is 3.23. The normalized spacial score (nSPS) is 12.2. The molecule has 0 fully saturated rings. The van der Waals surface area contributed by atoms with Crippen molar-refractivity contribution in [2.75, 3.05) is 11.5 Å². The monoisotopic (exact) mass is 416 g/mol. The predicted molar refractivity (Wildman–Crippen MR) is 120 cm³/mol. The number of thioether (sulfide) groups is 1. The van der Waals surface area contributed by atoms with Crippen LogP contribution in [0.5, 0.6) is 0 Å².